The van der Waals surface area contributed by atoms with Crippen molar-refractivity contribution in [2.75, 3.05) is 13.2 Å². The van der Waals surface area contributed by atoms with Gasteiger partial charge in [-0.05, 0) is 29.7 Å². The van der Waals surface area contributed by atoms with E-state index in [1.807, 2.05) is 26.2 Å². The number of ketones is 1. The lowest BCUT2D eigenvalue weighted by Gasteiger charge is -2.31. The second-order valence-corrected chi connectivity index (χ2v) is 8.66. The van der Waals surface area contributed by atoms with Gasteiger partial charge in [-0.15, -0.1) is 0 Å². The van der Waals surface area contributed by atoms with Crippen LogP contribution in [-0.2, 0) is 14.3 Å². The van der Waals surface area contributed by atoms with Crippen LogP contribution in [0.1, 0.15) is 44.0 Å². The molecule has 0 aliphatic carbocycles. The van der Waals surface area contributed by atoms with Crippen molar-refractivity contribution >= 4 is 28.9 Å². The van der Waals surface area contributed by atoms with Gasteiger partial charge in [-0.3, -0.25) is 14.4 Å². The van der Waals surface area contributed by atoms with Crippen molar-refractivity contribution < 1.29 is 19.1 Å². The van der Waals surface area contributed by atoms with Crippen molar-refractivity contribution in [3.63, 3.8) is 0 Å². The van der Waals surface area contributed by atoms with Crippen LogP contribution in [0.3, 0.4) is 0 Å². The molecule has 2 saturated heterocycles. The van der Waals surface area contributed by atoms with Crippen LogP contribution < -0.4 is 5.32 Å². The Morgan fingerprint density at radius 3 is 2.84 bits per heavy atom. The number of fused-ring (bicyclic) bond motifs is 1. The number of nitrogens with zero attached hydrogens (tertiary/aromatic N) is 1. The van der Waals surface area contributed by atoms with Crippen LogP contribution in [0.25, 0.3) is 0 Å². The maximum atomic E-state index is 13.1. The molecular weight excluding hydrogens is 340 g/mol. The molecule has 2 amide bonds. The summed E-state index contributed by atoms with van der Waals surface area (Å²) >= 11 is 1.44. The Labute approximate surface area is 151 Å². The molecule has 6 nitrogen and oxygen atoms in total. The van der Waals surface area contributed by atoms with E-state index < -0.39 is 12.1 Å². The number of thiophene rings is 1. The number of carbonyl (C=O) groups is 3. The number of amides is 2. The van der Waals surface area contributed by atoms with Gasteiger partial charge in [0, 0.05) is 11.9 Å². The molecule has 3 atom stereocenters. The molecule has 0 saturated carbocycles. The first-order valence-corrected chi connectivity index (χ1v) is 9.48. The van der Waals surface area contributed by atoms with Crippen LogP contribution in [-0.4, -0.2) is 53.8 Å². The van der Waals surface area contributed by atoms with Crippen molar-refractivity contribution in [3.8, 4) is 0 Å². The molecule has 0 spiro atoms. The maximum Gasteiger partial charge on any atom is 0.252 e. The second-order valence-electron chi connectivity index (χ2n) is 7.88. The minimum atomic E-state index is -0.653. The number of ether oxygens (including phenoxy) is 1. The van der Waals surface area contributed by atoms with E-state index in [1.165, 1.54) is 11.3 Å². The van der Waals surface area contributed by atoms with E-state index in [1.54, 1.807) is 16.3 Å². The lowest BCUT2D eigenvalue weighted by Crippen LogP contribution is -2.53. The Morgan fingerprint density at radius 1 is 1.44 bits per heavy atom. The van der Waals surface area contributed by atoms with E-state index in [4.69, 9.17) is 4.74 Å². The standard InChI is InChI=1S/C18H24N2O4S/c1-18(2,3)8-12(19-16(22)11-5-7-25-10-11)17(23)20-6-4-14-15(20)13(21)9-24-14/h5,7,10,12,14-15H,4,6,8-9H2,1-3H3,(H,19,22)/t12-,14+,15+/m0/s1. The highest BCUT2D eigenvalue weighted by Gasteiger charge is 2.48. The van der Waals surface area contributed by atoms with E-state index in [0.29, 0.717) is 24.9 Å². The van der Waals surface area contributed by atoms with Gasteiger partial charge in [0.2, 0.25) is 5.91 Å². The van der Waals surface area contributed by atoms with Crippen molar-refractivity contribution in [2.45, 2.75) is 51.8 Å². The molecule has 0 bridgehead atoms. The predicted octanol–water partition coefficient (Wildman–Crippen LogP) is 1.85. The van der Waals surface area contributed by atoms with Crippen LogP contribution in [0.15, 0.2) is 16.8 Å². The first-order valence-electron chi connectivity index (χ1n) is 8.54. The third-order valence-corrected chi connectivity index (χ3v) is 5.28. The zero-order valence-electron chi connectivity index (χ0n) is 14.8. The lowest BCUT2D eigenvalue weighted by atomic mass is 9.87. The SMILES string of the molecule is CC(C)(C)C[C@H](NC(=O)c1ccsc1)C(=O)N1CC[C@H]2OCC(=O)[C@H]21. The van der Waals surface area contributed by atoms with E-state index in [-0.39, 0.29) is 35.7 Å². The largest absolute Gasteiger partial charge is 0.368 e. The molecular formula is C18H24N2O4S. The van der Waals surface area contributed by atoms with E-state index in [2.05, 4.69) is 5.32 Å². The quantitative estimate of drug-likeness (QED) is 0.885. The Hall–Kier alpha value is -1.73. The summed E-state index contributed by atoms with van der Waals surface area (Å²) in [6.45, 7) is 6.65. The fraction of sp³-hybridized carbons (Fsp3) is 0.611. The van der Waals surface area contributed by atoms with Gasteiger partial charge < -0.3 is 15.0 Å². The molecule has 0 unspecified atom stereocenters. The minimum absolute atomic E-state index is 0.0467. The summed E-state index contributed by atoms with van der Waals surface area (Å²) < 4.78 is 5.46. The highest BCUT2D eigenvalue weighted by atomic mass is 32.1. The molecule has 7 heteroatoms. The number of hydrogen-bond donors (Lipinski definition) is 1. The molecule has 2 fully saturated rings. The lowest BCUT2D eigenvalue weighted by molar-refractivity contribution is -0.138. The van der Waals surface area contributed by atoms with Crippen molar-refractivity contribution in [1.29, 1.82) is 0 Å². The van der Waals surface area contributed by atoms with Gasteiger partial charge in [0.15, 0.2) is 5.78 Å². The topological polar surface area (TPSA) is 75.7 Å². The average Bonchev–Trinajstić information content (AvgIpc) is 3.23. The van der Waals surface area contributed by atoms with Gasteiger partial charge in [-0.25, -0.2) is 0 Å². The highest BCUT2D eigenvalue weighted by Crippen LogP contribution is 2.29. The number of Topliss-reactive ketones (excluding diaryl/α,β-unsaturated/α-hetero) is 1. The molecule has 25 heavy (non-hydrogen) atoms. The predicted molar refractivity (Wildman–Crippen MR) is 94.5 cm³/mol. The van der Waals surface area contributed by atoms with Gasteiger partial charge in [0.25, 0.3) is 5.91 Å². The van der Waals surface area contributed by atoms with Gasteiger partial charge in [-0.2, -0.15) is 11.3 Å². The van der Waals surface area contributed by atoms with Gasteiger partial charge in [0.05, 0.1) is 11.7 Å². The Bertz CT molecular complexity index is 665. The molecule has 2 aliphatic rings. The first-order chi connectivity index (χ1) is 11.8. The summed E-state index contributed by atoms with van der Waals surface area (Å²) in [6.07, 6.45) is 0.979. The van der Waals surface area contributed by atoms with Crippen molar-refractivity contribution in [2.24, 2.45) is 5.41 Å². The van der Waals surface area contributed by atoms with Crippen LogP contribution in [0.2, 0.25) is 0 Å². The molecule has 0 aromatic carbocycles. The number of nitrogens with one attached hydrogen (secondary N) is 1. The Kier molecular flexibility index (Phi) is 4.97. The number of rotatable bonds is 4. The molecule has 1 aromatic heterocycles. The minimum Gasteiger partial charge on any atom is -0.368 e. The summed E-state index contributed by atoms with van der Waals surface area (Å²) in [4.78, 5) is 39.3. The fourth-order valence-corrected chi connectivity index (χ4v) is 4.13. The van der Waals surface area contributed by atoms with Crippen LogP contribution >= 0.6 is 11.3 Å². The summed E-state index contributed by atoms with van der Waals surface area (Å²) in [7, 11) is 0. The third kappa shape index (κ3) is 3.93. The zero-order chi connectivity index (χ0) is 18.2. The summed E-state index contributed by atoms with van der Waals surface area (Å²) in [5.41, 5.74) is 0.411. The van der Waals surface area contributed by atoms with E-state index in [9.17, 15) is 14.4 Å². The van der Waals surface area contributed by atoms with E-state index in [0.717, 1.165) is 0 Å². The summed E-state index contributed by atoms with van der Waals surface area (Å²) in [5.74, 6) is -0.493. The molecule has 0 radical (unpaired) electrons. The third-order valence-electron chi connectivity index (χ3n) is 4.60. The first kappa shape index (κ1) is 18.1. The number of likely N-dealkylation sites (tertiary alicyclic amines) is 1. The van der Waals surface area contributed by atoms with Gasteiger partial charge in [0.1, 0.15) is 18.7 Å². The van der Waals surface area contributed by atoms with Crippen LogP contribution in [0.5, 0.6) is 0 Å². The molecule has 136 valence electrons. The number of carbonyl (C=O) groups excluding carboxylic acids is 3. The van der Waals surface area contributed by atoms with Crippen molar-refractivity contribution in [3.05, 3.63) is 22.4 Å². The van der Waals surface area contributed by atoms with Crippen LogP contribution in [0.4, 0.5) is 0 Å². The average molecular weight is 364 g/mol. The second kappa shape index (κ2) is 6.88. The highest BCUT2D eigenvalue weighted by molar-refractivity contribution is 7.08. The normalized spacial score (nSPS) is 24.3. The van der Waals surface area contributed by atoms with Crippen molar-refractivity contribution in [1.82, 2.24) is 10.2 Å². The van der Waals surface area contributed by atoms with Crippen LogP contribution in [0, 0.1) is 5.41 Å². The zero-order valence-corrected chi connectivity index (χ0v) is 15.6. The summed E-state index contributed by atoms with van der Waals surface area (Å²) in [5, 5.41) is 6.46. The fourth-order valence-electron chi connectivity index (χ4n) is 3.49. The van der Waals surface area contributed by atoms with Gasteiger partial charge in [-0.1, -0.05) is 20.8 Å². The monoisotopic (exact) mass is 364 g/mol. The maximum absolute atomic E-state index is 13.1. The Morgan fingerprint density at radius 2 is 2.20 bits per heavy atom. The Balaban J connectivity index is 1.77. The number of hydrogen-bond acceptors (Lipinski definition) is 5. The molecule has 3 rings (SSSR count). The smallest absolute Gasteiger partial charge is 0.252 e. The van der Waals surface area contributed by atoms with E-state index >= 15 is 0 Å². The molecule has 2 aliphatic heterocycles. The molecule has 1 N–H and O–H groups in total. The molecule has 3 heterocycles. The summed E-state index contributed by atoms with van der Waals surface area (Å²) in [6, 6.07) is 0.589. The van der Waals surface area contributed by atoms with Gasteiger partial charge >= 0.3 is 0 Å². The molecule has 1 aromatic rings.